The van der Waals surface area contributed by atoms with Gasteiger partial charge in [0.05, 0.1) is 11.4 Å². The molecule has 2 rings (SSSR count). The molecule has 0 aliphatic carbocycles. The summed E-state index contributed by atoms with van der Waals surface area (Å²) in [4.78, 5) is 8.80. The van der Waals surface area contributed by atoms with Crippen LogP contribution in [0, 0.1) is 0 Å². The highest BCUT2D eigenvalue weighted by atomic mass is 14.8. The summed E-state index contributed by atoms with van der Waals surface area (Å²) < 4.78 is 0. The number of nitrogens with two attached hydrogens (primary N) is 2. The molecule has 88 valence electrons. The number of hydrogen-bond donors (Lipinski definition) is 2. The van der Waals surface area contributed by atoms with Gasteiger partial charge in [-0.25, -0.2) is 0 Å². The molecule has 0 bridgehead atoms. The molecule has 17 heavy (non-hydrogen) atoms. The van der Waals surface area contributed by atoms with Crippen LogP contribution in [0.5, 0.6) is 0 Å². The van der Waals surface area contributed by atoms with Crippen LogP contribution in [0.15, 0.2) is 30.5 Å². The maximum Gasteiger partial charge on any atom is 0.0910 e. The van der Waals surface area contributed by atoms with Crippen LogP contribution >= 0.6 is 0 Å². The molecule has 0 spiro atoms. The Kier molecular flexibility index (Phi) is 2.95. The van der Waals surface area contributed by atoms with Crippen molar-refractivity contribution in [1.29, 1.82) is 0 Å². The summed E-state index contributed by atoms with van der Waals surface area (Å²) in [5, 5.41) is 0. The van der Waals surface area contributed by atoms with E-state index in [9.17, 15) is 0 Å². The number of aromatic nitrogens is 2. The molecule has 4 N–H and O–H groups in total. The van der Waals surface area contributed by atoms with Gasteiger partial charge >= 0.3 is 0 Å². The van der Waals surface area contributed by atoms with Gasteiger partial charge in [0.25, 0.3) is 0 Å². The summed E-state index contributed by atoms with van der Waals surface area (Å²) in [5.74, 6) is 0.332. The Labute approximate surface area is 101 Å². The van der Waals surface area contributed by atoms with Crippen molar-refractivity contribution in [2.24, 2.45) is 0 Å². The van der Waals surface area contributed by atoms with Gasteiger partial charge < -0.3 is 11.5 Å². The minimum Gasteiger partial charge on any atom is -0.399 e. The molecule has 0 aromatic carbocycles. The SMILES string of the molecule is CC(C)c1cc(N)cc(-c2cc(N)ccn2)n1. The smallest absolute Gasteiger partial charge is 0.0910 e. The molecule has 0 fully saturated rings. The van der Waals surface area contributed by atoms with Crippen molar-refractivity contribution in [3.05, 3.63) is 36.2 Å². The Morgan fingerprint density at radius 1 is 1.00 bits per heavy atom. The second kappa shape index (κ2) is 4.41. The van der Waals surface area contributed by atoms with E-state index in [1.165, 1.54) is 0 Å². The van der Waals surface area contributed by atoms with E-state index in [0.717, 1.165) is 17.1 Å². The van der Waals surface area contributed by atoms with E-state index in [1.807, 2.05) is 12.1 Å². The zero-order valence-electron chi connectivity index (χ0n) is 10.0. The molecular weight excluding hydrogens is 212 g/mol. The molecule has 4 heteroatoms. The third-order valence-electron chi connectivity index (χ3n) is 2.51. The average molecular weight is 228 g/mol. The third kappa shape index (κ3) is 2.53. The minimum atomic E-state index is 0.332. The van der Waals surface area contributed by atoms with Gasteiger partial charge in [0.1, 0.15) is 0 Å². The van der Waals surface area contributed by atoms with Crippen LogP contribution < -0.4 is 11.5 Å². The molecule has 2 aromatic heterocycles. The minimum absolute atomic E-state index is 0.332. The highest BCUT2D eigenvalue weighted by Crippen LogP contribution is 2.23. The number of nitrogen functional groups attached to an aromatic ring is 2. The quantitative estimate of drug-likeness (QED) is 0.827. The van der Waals surface area contributed by atoms with Crippen LogP contribution in [-0.4, -0.2) is 9.97 Å². The molecule has 0 atom stereocenters. The predicted molar refractivity (Wildman–Crippen MR) is 70.4 cm³/mol. The zero-order valence-corrected chi connectivity index (χ0v) is 10.0. The van der Waals surface area contributed by atoms with Crippen molar-refractivity contribution in [3.63, 3.8) is 0 Å². The normalized spacial score (nSPS) is 10.8. The van der Waals surface area contributed by atoms with E-state index in [0.29, 0.717) is 17.3 Å². The first-order valence-corrected chi connectivity index (χ1v) is 5.55. The molecule has 0 unspecified atom stereocenters. The number of hydrogen-bond acceptors (Lipinski definition) is 4. The largest absolute Gasteiger partial charge is 0.399 e. The first-order chi connectivity index (χ1) is 8.06. The molecule has 2 heterocycles. The lowest BCUT2D eigenvalue weighted by atomic mass is 10.1. The van der Waals surface area contributed by atoms with E-state index in [4.69, 9.17) is 11.5 Å². The molecule has 0 radical (unpaired) electrons. The summed E-state index contributed by atoms with van der Waals surface area (Å²) in [6.45, 7) is 4.16. The Morgan fingerprint density at radius 2 is 1.71 bits per heavy atom. The highest BCUT2D eigenvalue weighted by molar-refractivity contribution is 5.63. The highest BCUT2D eigenvalue weighted by Gasteiger charge is 2.07. The monoisotopic (exact) mass is 228 g/mol. The van der Waals surface area contributed by atoms with Crippen molar-refractivity contribution in [1.82, 2.24) is 9.97 Å². The fourth-order valence-electron chi connectivity index (χ4n) is 1.59. The number of rotatable bonds is 2. The Hall–Kier alpha value is -2.10. The lowest BCUT2D eigenvalue weighted by molar-refractivity contribution is 0.825. The van der Waals surface area contributed by atoms with Gasteiger partial charge in [-0.2, -0.15) is 0 Å². The van der Waals surface area contributed by atoms with Gasteiger partial charge in [-0.3, -0.25) is 9.97 Å². The van der Waals surface area contributed by atoms with Crippen LogP contribution in [0.3, 0.4) is 0 Å². The number of nitrogens with zero attached hydrogens (tertiary/aromatic N) is 2. The summed E-state index contributed by atoms with van der Waals surface area (Å²) >= 11 is 0. The van der Waals surface area contributed by atoms with Gasteiger partial charge in [0.2, 0.25) is 0 Å². The molecule has 0 aliphatic rings. The van der Waals surface area contributed by atoms with Gasteiger partial charge in [-0.15, -0.1) is 0 Å². The van der Waals surface area contributed by atoms with Gasteiger partial charge in [-0.1, -0.05) is 13.8 Å². The maximum atomic E-state index is 5.87. The number of pyridine rings is 2. The van der Waals surface area contributed by atoms with Crippen molar-refractivity contribution in [2.45, 2.75) is 19.8 Å². The van der Waals surface area contributed by atoms with Crippen molar-refractivity contribution in [2.75, 3.05) is 11.5 Å². The molecule has 0 saturated heterocycles. The Bertz CT molecular complexity index is 535. The fraction of sp³-hybridized carbons (Fsp3) is 0.231. The molecular formula is C13H16N4. The average Bonchev–Trinajstić information content (AvgIpc) is 2.28. The third-order valence-corrected chi connectivity index (χ3v) is 2.51. The molecule has 2 aromatic rings. The van der Waals surface area contributed by atoms with Crippen LogP contribution in [0.2, 0.25) is 0 Å². The molecule has 0 aliphatic heterocycles. The summed E-state index contributed by atoms with van der Waals surface area (Å²) in [6, 6.07) is 7.25. The Morgan fingerprint density at radius 3 is 2.35 bits per heavy atom. The van der Waals surface area contributed by atoms with E-state index < -0.39 is 0 Å². The van der Waals surface area contributed by atoms with E-state index >= 15 is 0 Å². The lowest BCUT2D eigenvalue weighted by Gasteiger charge is -2.09. The topological polar surface area (TPSA) is 77.8 Å². The van der Waals surface area contributed by atoms with Crippen molar-refractivity contribution < 1.29 is 0 Å². The van der Waals surface area contributed by atoms with E-state index in [1.54, 1.807) is 18.3 Å². The van der Waals surface area contributed by atoms with Crippen LogP contribution in [-0.2, 0) is 0 Å². The molecule has 0 amide bonds. The van der Waals surface area contributed by atoms with E-state index in [2.05, 4.69) is 23.8 Å². The van der Waals surface area contributed by atoms with Gasteiger partial charge in [-0.05, 0) is 30.2 Å². The van der Waals surface area contributed by atoms with E-state index in [-0.39, 0.29) is 0 Å². The number of anilines is 2. The van der Waals surface area contributed by atoms with Crippen LogP contribution in [0.1, 0.15) is 25.5 Å². The predicted octanol–water partition coefficient (Wildman–Crippen LogP) is 2.43. The van der Waals surface area contributed by atoms with Crippen LogP contribution in [0.25, 0.3) is 11.4 Å². The summed E-state index contributed by atoms with van der Waals surface area (Å²) in [7, 11) is 0. The van der Waals surface area contributed by atoms with Crippen molar-refractivity contribution >= 4 is 11.4 Å². The molecule has 4 nitrogen and oxygen atoms in total. The second-order valence-electron chi connectivity index (χ2n) is 4.34. The fourth-order valence-corrected chi connectivity index (χ4v) is 1.59. The van der Waals surface area contributed by atoms with Gasteiger partial charge in [0.15, 0.2) is 0 Å². The van der Waals surface area contributed by atoms with Gasteiger partial charge in [0, 0.05) is 23.3 Å². The van der Waals surface area contributed by atoms with Crippen LogP contribution in [0.4, 0.5) is 11.4 Å². The van der Waals surface area contributed by atoms with Crippen molar-refractivity contribution in [3.8, 4) is 11.4 Å². The Balaban J connectivity index is 2.52. The second-order valence-corrected chi connectivity index (χ2v) is 4.34. The maximum absolute atomic E-state index is 5.87. The molecule has 0 saturated carbocycles. The lowest BCUT2D eigenvalue weighted by Crippen LogP contribution is -1.99. The summed E-state index contributed by atoms with van der Waals surface area (Å²) in [6.07, 6.45) is 1.67. The summed E-state index contributed by atoms with van der Waals surface area (Å²) in [5.41, 5.74) is 15.5. The zero-order chi connectivity index (χ0) is 12.4. The first kappa shape index (κ1) is 11.4. The first-order valence-electron chi connectivity index (χ1n) is 5.55. The standard InChI is InChI=1S/C13H16N4/c1-8(2)11-6-10(15)7-13(17-11)12-5-9(14)3-4-16-12/h3-8H,1-2H3,(H2,14,16)(H2,15,17).